The standard InChI is InChI=1S/C12H12ClN3S/c1-8-5-6-15-12(16-8)17-7-9-10(13)3-2-4-11(9)14/h2-6H,7,14H2,1H3. The molecule has 1 aromatic heterocycles. The number of thioether (sulfide) groups is 1. The van der Waals surface area contributed by atoms with Crippen LogP contribution in [0.4, 0.5) is 5.69 Å². The van der Waals surface area contributed by atoms with Crippen molar-refractivity contribution < 1.29 is 0 Å². The lowest BCUT2D eigenvalue weighted by atomic mass is 10.2. The fraction of sp³-hybridized carbons (Fsp3) is 0.167. The minimum atomic E-state index is 0.676. The molecule has 2 N–H and O–H groups in total. The molecular weight excluding hydrogens is 254 g/mol. The average molecular weight is 266 g/mol. The minimum Gasteiger partial charge on any atom is -0.398 e. The number of benzene rings is 1. The fourth-order valence-corrected chi connectivity index (χ4v) is 2.63. The number of hydrogen-bond donors (Lipinski definition) is 1. The summed E-state index contributed by atoms with van der Waals surface area (Å²) in [5.74, 6) is 0.676. The van der Waals surface area contributed by atoms with Crippen LogP contribution in [0.25, 0.3) is 0 Å². The molecule has 0 aliphatic carbocycles. The molecule has 5 heteroatoms. The maximum absolute atomic E-state index is 6.09. The first-order valence-corrected chi connectivity index (χ1v) is 6.48. The van der Waals surface area contributed by atoms with Gasteiger partial charge in [0.2, 0.25) is 0 Å². The van der Waals surface area contributed by atoms with Crippen LogP contribution in [0.3, 0.4) is 0 Å². The van der Waals surface area contributed by atoms with Gasteiger partial charge in [-0.2, -0.15) is 0 Å². The summed E-state index contributed by atoms with van der Waals surface area (Å²) < 4.78 is 0. The van der Waals surface area contributed by atoms with E-state index < -0.39 is 0 Å². The van der Waals surface area contributed by atoms with Crippen molar-refractivity contribution in [3.8, 4) is 0 Å². The van der Waals surface area contributed by atoms with E-state index in [4.69, 9.17) is 17.3 Å². The molecule has 0 amide bonds. The molecular formula is C12H12ClN3S. The van der Waals surface area contributed by atoms with Crippen molar-refractivity contribution in [1.82, 2.24) is 9.97 Å². The Balaban J connectivity index is 2.13. The number of nitrogens with zero attached hydrogens (tertiary/aromatic N) is 2. The normalized spacial score (nSPS) is 10.5. The van der Waals surface area contributed by atoms with Gasteiger partial charge in [-0.1, -0.05) is 29.4 Å². The summed E-state index contributed by atoms with van der Waals surface area (Å²) in [4.78, 5) is 8.50. The number of aromatic nitrogens is 2. The number of rotatable bonds is 3. The van der Waals surface area contributed by atoms with Crippen LogP contribution in [-0.4, -0.2) is 9.97 Å². The van der Waals surface area contributed by atoms with E-state index in [-0.39, 0.29) is 0 Å². The number of aryl methyl sites for hydroxylation is 1. The van der Waals surface area contributed by atoms with Crippen LogP contribution >= 0.6 is 23.4 Å². The van der Waals surface area contributed by atoms with Gasteiger partial charge in [-0.05, 0) is 25.1 Å². The number of halogens is 1. The van der Waals surface area contributed by atoms with E-state index in [1.165, 1.54) is 11.8 Å². The predicted octanol–water partition coefficient (Wildman–Crippen LogP) is 3.31. The number of nitrogen functional groups attached to an aromatic ring is 1. The lowest BCUT2D eigenvalue weighted by molar-refractivity contribution is 0.932. The molecule has 0 saturated carbocycles. The van der Waals surface area contributed by atoms with Gasteiger partial charge in [0.25, 0.3) is 0 Å². The Bertz CT molecular complexity index is 511. The maximum Gasteiger partial charge on any atom is 0.188 e. The summed E-state index contributed by atoms with van der Waals surface area (Å²) in [6.45, 7) is 1.94. The number of nitrogens with two attached hydrogens (primary N) is 1. The molecule has 0 aliphatic heterocycles. The van der Waals surface area contributed by atoms with E-state index in [1.807, 2.05) is 31.2 Å². The third kappa shape index (κ3) is 3.11. The van der Waals surface area contributed by atoms with E-state index in [9.17, 15) is 0 Å². The van der Waals surface area contributed by atoms with Gasteiger partial charge in [0.05, 0.1) is 0 Å². The summed E-state index contributed by atoms with van der Waals surface area (Å²) in [6, 6.07) is 7.40. The second-order valence-corrected chi connectivity index (χ2v) is 4.93. The van der Waals surface area contributed by atoms with E-state index >= 15 is 0 Å². The first-order valence-electron chi connectivity index (χ1n) is 5.12. The summed E-state index contributed by atoms with van der Waals surface area (Å²) >= 11 is 7.62. The molecule has 2 rings (SSSR count). The first kappa shape index (κ1) is 12.2. The van der Waals surface area contributed by atoms with Gasteiger partial charge < -0.3 is 5.73 Å². The second kappa shape index (κ2) is 5.38. The van der Waals surface area contributed by atoms with Crippen LogP contribution in [0.1, 0.15) is 11.3 Å². The van der Waals surface area contributed by atoms with Crippen LogP contribution in [0.5, 0.6) is 0 Å². The Morgan fingerprint density at radius 1 is 1.35 bits per heavy atom. The zero-order valence-electron chi connectivity index (χ0n) is 9.35. The third-order valence-corrected chi connectivity index (χ3v) is 3.52. The van der Waals surface area contributed by atoms with Gasteiger partial charge in [-0.3, -0.25) is 0 Å². The summed E-state index contributed by atoms with van der Waals surface area (Å²) in [7, 11) is 0. The molecule has 0 aliphatic rings. The van der Waals surface area contributed by atoms with Gasteiger partial charge in [-0.25, -0.2) is 9.97 Å². The topological polar surface area (TPSA) is 51.8 Å². The fourth-order valence-electron chi connectivity index (χ4n) is 1.36. The molecule has 0 unspecified atom stereocenters. The highest BCUT2D eigenvalue weighted by Crippen LogP contribution is 2.28. The monoisotopic (exact) mass is 265 g/mol. The minimum absolute atomic E-state index is 0.676. The lowest BCUT2D eigenvalue weighted by Gasteiger charge is -2.06. The van der Waals surface area contributed by atoms with Crippen LogP contribution < -0.4 is 5.73 Å². The number of anilines is 1. The highest BCUT2D eigenvalue weighted by atomic mass is 35.5. The molecule has 0 atom stereocenters. The van der Waals surface area contributed by atoms with Crippen molar-refractivity contribution in [3.05, 3.63) is 46.7 Å². The highest BCUT2D eigenvalue weighted by Gasteiger charge is 2.06. The average Bonchev–Trinajstić information content (AvgIpc) is 2.28. The Morgan fingerprint density at radius 2 is 2.18 bits per heavy atom. The first-order chi connectivity index (χ1) is 8.16. The van der Waals surface area contributed by atoms with Crippen molar-refractivity contribution in [1.29, 1.82) is 0 Å². The van der Waals surface area contributed by atoms with Crippen molar-refractivity contribution >= 4 is 29.1 Å². The molecule has 2 aromatic rings. The molecule has 0 spiro atoms. The van der Waals surface area contributed by atoms with Crippen LogP contribution in [0.2, 0.25) is 5.02 Å². The van der Waals surface area contributed by atoms with Gasteiger partial charge >= 0.3 is 0 Å². The summed E-state index contributed by atoms with van der Waals surface area (Å²) in [5.41, 5.74) is 8.47. The predicted molar refractivity (Wildman–Crippen MR) is 72.2 cm³/mol. The van der Waals surface area contributed by atoms with Crippen LogP contribution in [-0.2, 0) is 5.75 Å². The highest BCUT2D eigenvalue weighted by molar-refractivity contribution is 7.98. The zero-order valence-corrected chi connectivity index (χ0v) is 10.9. The van der Waals surface area contributed by atoms with Gasteiger partial charge in [0.15, 0.2) is 5.16 Å². The van der Waals surface area contributed by atoms with Gasteiger partial charge in [0, 0.05) is 33.9 Å². The third-order valence-electron chi connectivity index (χ3n) is 2.27. The van der Waals surface area contributed by atoms with Gasteiger partial charge in [0.1, 0.15) is 0 Å². The van der Waals surface area contributed by atoms with Crippen molar-refractivity contribution in [2.45, 2.75) is 17.8 Å². The van der Waals surface area contributed by atoms with Crippen LogP contribution in [0, 0.1) is 6.92 Å². The van der Waals surface area contributed by atoms with E-state index in [0.29, 0.717) is 16.5 Å². The van der Waals surface area contributed by atoms with Crippen molar-refractivity contribution in [2.75, 3.05) is 5.73 Å². The van der Waals surface area contributed by atoms with E-state index in [0.717, 1.165) is 16.4 Å². The molecule has 0 saturated heterocycles. The Labute approximate surface area is 109 Å². The largest absolute Gasteiger partial charge is 0.398 e. The Morgan fingerprint density at radius 3 is 2.88 bits per heavy atom. The SMILES string of the molecule is Cc1ccnc(SCc2c(N)cccc2Cl)n1. The van der Waals surface area contributed by atoms with E-state index in [2.05, 4.69) is 9.97 Å². The van der Waals surface area contributed by atoms with Crippen LogP contribution in [0.15, 0.2) is 35.6 Å². The summed E-state index contributed by atoms with van der Waals surface area (Å²) in [5, 5.41) is 1.43. The summed E-state index contributed by atoms with van der Waals surface area (Å²) in [6.07, 6.45) is 1.75. The van der Waals surface area contributed by atoms with Crippen molar-refractivity contribution in [2.24, 2.45) is 0 Å². The quantitative estimate of drug-likeness (QED) is 0.526. The number of hydrogen-bond acceptors (Lipinski definition) is 4. The molecule has 3 nitrogen and oxygen atoms in total. The molecule has 1 heterocycles. The lowest BCUT2D eigenvalue weighted by Crippen LogP contribution is -1.95. The molecule has 17 heavy (non-hydrogen) atoms. The molecule has 0 bridgehead atoms. The zero-order chi connectivity index (χ0) is 12.3. The smallest absolute Gasteiger partial charge is 0.188 e. The molecule has 0 fully saturated rings. The molecule has 0 radical (unpaired) electrons. The molecule has 1 aromatic carbocycles. The Kier molecular flexibility index (Phi) is 3.86. The van der Waals surface area contributed by atoms with Crippen molar-refractivity contribution in [3.63, 3.8) is 0 Å². The maximum atomic E-state index is 6.09. The molecule has 88 valence electrons. The van der Waals surface area contributed by atoms with E-state index in [1.54, 1.807) is 6.20 Å². The Hall–Kier alpha value is -1.26. The van der Waals surface area contributed by atoms with Gasteiger partial charge in [-0.15, -0.1) is 0 Å². The second-order valence-electron chi connectivity index (χ2n) is 3.58.